The first-order valence-electron chi connectivity index (χ1n) is 5.66. The van der Waals surface area contributed by atoms with Crippen LogP contribution in [-0.4, -0.2) is 18.3 Å². The van der Waals surface area contributed by atoms with Crippen molar-refractivity contribution in [2.75, 3.05) is 12.4 Å². The zero-order valence-corrected chi connectivity index (χ0v) is 11.0. The maximum absolute atomic E-state index is 11.8. The molecule has 1 atom stereocenters. The Labute approximate surface area is 105 Å². The molecule has 2 nitrogen and oxygen atoms in total. The van der Waals surface area contributed by atoms with Gasteiger partial charge in [-0.1, -0.05) is 6.92 Å². The minimum Gasteiger partial charge on any atom is -0.351 e. The molecular formula is C12H16ClNOS. The van der Waals surface area contributed by atoms with Crippen molar-refractivity contribution < 1.29 is 4.79 Å². The molecule has 0 saturated carbocycles. The van der Waals surface area contributed by atoms with E-state index in [1.165, 1.54) is 16.9 Å². The molecule has 2 rings (SSSR count). The van der Waals surface area contributed by atoms with Gasteiger partial charge >= 0.3 is 0 Å². The van der Waals surface area contributed by atoms with Crippen molar-refractivity contribution in [1.29, 1.82) is 0 Å². The highest BCUT2D eigenvalue weighted by Crippen LogP contribution is 2.30. The Kier molecular flexibility index (Phi) is 3.87. The second-order valence-corrected chi connectivity index (χ2v) is 5.83. The summed E-state index contributed by atoms with van der Waals surface area (Å²) in [7, 11) is 0. The SMILES string of the molecule is CC(CCl)CNC(=O)c1cc2c(s1)CCC2. The van der Waals surface area contributed by atoms with E-state index >= 15 is 0 Å². The van der Waals surface area contributed by atoms with Crippen LogP contribution in [0.2, 0.25) is 0 Å². The molecule has 0 aliphatic heterocycles. The second-order valence-electron chi connectivity index (χ2n) is 4.38. The maximum Gasteiger partial charge on any atom is 0.261 e. The smallest absolute Gasteiger partial charge is 0.261 e. The zero-order chi connectivity index (χ0) is 11.5. The first-order valence-corrected chi connectivity index (χ1v) is 7.01. The Morgan fingerprint density at radius 1 is 1.62 bits per heavy atom. The summed E-state index contributed by atoms with van der Waals surface area (Å²) < 4.78 is 0. The molecule has 88 valence electrons. The normalized spacial score (nSPS) is 15.9. The number of aryl methyl sites for hydroxylation is 2. The molecule has 0 fully saturated rings. The van der Waals surface area contributed by atoms with Crippen LogP contribution in [0.25, 0.3) is 0 Å². The van der Waals surface area contributed by atoms with Crippen LogP contribution in [0.5, 0.6) is 0 Å². The van der Waals surface area contributed by atoms with Gasteiger partial charge in [0.2, 0.25) is 0 Å². The summed E-state index contributed by atoms with van der Waals surface area (Å²) in [5.74, 6) is 0.968. The highest BCUT2D eigenvalue weighted by molar-refractivity contribution is 7.14. The molecule has 16 heavy (non-hydrogen) atoms. The maximum atomic E-state index is 11.8. The summed E-state index contributed by atoms with van der Waals surface area (Å²) >= 11 is 7.34. The van der Waals surface area contributed by atoms with Gasteiger partial charge in [-0.3, -0.25) is 4.79 Å². The van der Waals surface area contributed by atoms with E-state index in [2.05, 4.69) is 5.32 Å². The summed E-state index contributed by atoms with van der Waals surface area (Å²) in [4.78, 5) is 14.1. The summed E-state index contributed by atoms with van der Waals surface area (Å²) in [6.45, 7) is 2.69. The van der Waals surface area contributed by atoms with E-state index in [-0.39, 0.29) is 5.91 Å². The van der Waals surface area contributed by atoms with E-state index in [0.29, 0.717) is 18.3 Å². The molecule has 0 bridgehead atoms. The number of rotatable bonds is 4. The van der Waals surface area contributed by atoms with Gasteiger partial charge in [0.1, 0.15) is 0 Å². The molecular weight excluding hydrogens is 242 g/mol. The van der Waals surface area contributed by atoms with Crippen LogP contribution >= 0.6 is 22.9 Å². The number of carbonyl (C=O) groups excluding carboxylic acids is 1. The summed E-state index contributed by atoms with van der Waals surface area (Å²) in [6.07, 6.45) is 3.52. The van der Waals surface area contributed by atoms with E-state index in [9.17, 15) is 4.79 Å². The van der Waals surface area contributed by atoms with Gasteiger partial charge in [-0.25, -0.2) is 0 Å². The van der Waals surface area contributed by atoms with Crippen molar-refractivity contribution in [2.24, 2.45) is 5.92 Å². The van der Waals surface area contributed by atoms with Crippen LogP contribution in [0.15, 0.2) is 6.07 Å². The van der Waals surface area contributed by atoms with Crippen LogP contribution < -0.4 is 5.32 Å². The number of hydrogen-bond donors (Lipinski definition) is 1. The molecule has 0 saturated heterocycles. The van der Waals surface area contributed by atoms with Crippen LogP contribution in [0.4, 0.5) is 0 Å². The largest absolute Gasteiger partial charge is 0.351 e. The highest BCUT2D eigenvalue weighted by Gasteiger charge is 2.18. The zero-order valence-electron chi connectivity index (χ0n) is 9.38. The third-order valence-corrected chi connectivity index (χ3v) is 4.61. The van der Waals surface area contributed by atoms with Crippen LogP contribution in [0.1, 0.15) is 33.5 Å². The van der Waals surface area contributed by atoms with E-state index < -0.39 is 0 Å². The van der Waals surface area contributed by atoms with Gasteiger partial charge in [-0.05, 0) is 36.8 Å². The number of carbonyl (C=O) groups is 1. The molecule has 1 aliphatic carbocycles. The van der Waals surface area contributed by atoms with Gasteiger partial charge in [0, 0.05) is 17.3 Å². The number of thiophene rings is 1. The van der Waals surface area contributed by atoms with Gasteiger partial charge in [0.05, 0.1) is 4.88 Å². The molecule has 1 N–H and O–H groups in total. The summed E-state index contributed by atoms with van der Waals surface area (Å²) in [5, 5.41) is 2.93. The van der Waals surface area contributed by atoms with Gasteiger partial charge in [0.15, 0.2) is 0 Å². The van der Waals surface area contributed by atoms with E-state index in [1.54, 1.807) is 11.3 Å². The second kappa shape index (κ2) is 5.19. The monoisotopic (exact) mass is 257 g/mol. The minimum atomic E-state index is 0.0522. The molecule has 4 heteroatoms. The lowest BCUT2D eigenvalue weighted by atomic mass is 10.2. The van der Waals surface area contributed by atoms with Crippen molar-refractivity contribution in [3.05, 3.63) is 21.4 Å². The summed E-state index contributed by atoms with van der Waals surface area (Å²) in [5.41, 5.74) is 1.38. The first-order chi connectivity index (χ1) is 7.70. The van der Waals surface area contributed by atoms with Crippen LogP contribution in [-0.2, 0) is 12.8 Å². The van der Waals surface area contributed by atoms with Gasteiger partial charge in [-0.15, -0.1) is 22.9 Å². The van der Waals surface area contributed by atoms with Crippen molar-refractivity contribution in [3.8, 4) is 0 Å². The fourth-order valence-electron chi connectivity index (χ4n) is 1.85. The number of fused-ring (bicyclic) bond motifs is 1. The fourth-order valence-corrected chi connectivity index (χ4v) is 3.13. The fraction of sp³-hybridized carbons (Fsp3) is 0.583. The van der Waals surface area contributed by atoms with Crippen molar-refractivity contribution in [3.63, 3.8) is 0 Å². The molecule has 0 aromatic carbocycles. The number of halogens is 1. The van der Waals surface area contributed by atoms with Gasteiger partial charge in [-0.2, -0.15) is 0 Å². The summed E-state index contributed by atoms with van der Waals surface area (Å²) in [6, 6.07) is 2.05. The quantitative estimate of drug-likeness (QED) is 0.826. The molecule has 1 unspecified atom stereocenters. The Morgan fingerprint density at radius 3 is 3.12 bits per heavy atom. The van der Waals surface area contributed by atoms with Crippen molar-refractivity contribution in [1.82, 2.24) is 5.32 Å². The average molecular weight is 258 g/mol. The molecule has 1 amide bonds. The molecule has 1 aromatic rings. The predicted molar refractivity (Wildman–Crippen MR) is 68.6 cm³/mol. The number of nitrogens with one attached hydrogen (secondary N) is 1. The number of alkyl halides is 1. The third-order valence-electron chi connectivity index (χ3n) is 2.84. The minimum absolute atomic E-state index is 0.0522. The molecule has 1 heterocycles. The van der Waals surface area contributed by atoms with E-state index in [1.807, 2.05) is 13.0 Å². The predicted octanol–water partition coefficient (Wildman–Crippen LogP) is 2.84. The molecule has 1 aromatic heterocycles. The van der Waals surface area contributed by atoms with Crippen molar-refractivity contribution >= 4 is 28.8 Å². The molecule has 0 spiro atoms. The van der Waals surface area contributed by atoms with Crippen LogP contribution in [0.3, 0.4) is 0 Å². The Balaban J connectivity index is 1.93. The van der Waals surface area contributed by atoms with Crippen LogP contribution in [0, 0.1) is 5.92 Å². The Hall–Kier alpha value is -0.540. The first kappa shape index (κ1) is 11.9. The lowest BCUT2D eigenvalue weighted by Crippen LogP contribution is -2.28. The lowest BCUT2D eigenvalue weighted by Gasteiger charge is -2.07. The van der Waals surface area contributed by atoms with Crippen molar-refractivity contribution in [2.45, 2.75) is 26.2 Å². The van der Waals surface area contributed by atoms with E-state index in [0.717, 1.165) is 17.7 Å². The lowest BCUT2D eigenvalue weighted by molar-refractivity contribution is 0.0953. The average Bonchev–Trinajstić information content (AvgIpc) is 2.85. The van der Waals surface area contributed by atoms with E-state index in [4.69, 9.17) is 11.6 Å². The molecule has 0 radical (unpaired) electrons. The topological polar surface area (TPSA) is 29.1 Å². The third kappa shape index (κ3) is 2.58. The Morgan fingerprint density at radius 2 is 2.44 bits per heavy atom. The number of hydrogen-bond acceptors (Lipinski definition) is 2. The van der Waals surface area contributed by atoms with Gasteiger partial charge in [0.25, 0.3) is 5.91 Å². The standard InChI is InChI=1S/C12H16ClNOS/c1-8(6-13)7-14-12(15)11-5-9-3-2-4-10(9)16-11/h5,8H,2-4,6-7H2,1H3,(H,14,15). The highest BCUT2D eigenvalue weighted by atomic mass is 35.5. The number of amides is 1. The van der Waals surface area contributed by atoms with Gasteiger partial charge < -0.3 is 5.32 Å². The molecule has 1 aliphatic rings. The Bertz CT molecular complexity index is 367.